The van der Waals surface area contributed by atoms with Crippen molar-refractivity contribution in [3.8, 4) is 0 Å². The average molecular weight is 667 g/mol. The van der Waals surface area contributed by atoms with Crippen molar-refractivity contribution < 1.29 is 33.7 Å². The van der Waals surface area contributed by atoms with Crippen LogP contribution >= 0.6 is 46.1 Å². The molecule has 0 saturated heterocycles. The van der Waals surface area contributed by atoms with Gasteiger partial charge >= 0.3 is 12.1 Å². The van der Waals surface area contributed by atoms with Crippen molar-refractivity contribution in [3.05, 3.63) is 33.3 Å². The molecule has 0 unspecified atom stereocenters. The number of hydrogen-bond donors (Lipinski definition) is 1. The number of halogens is 3. The second-order valence-corrected chi connectivity index (χ2v) is 15.2. The fourth-order valence-corrected chi connectivity index (χ4v) is 5.63. The molecule has 1 aromatic rings. The van der Waals surface area contributed by atoms with Crippen LogP contribution < -0.4 is 0 Å². The first kappa shape index (κ1) is 36.5. The topological polar surface area (TPSA) is 112 Å². The molecule has 1 aromatic heterocycles. The van der Waals surface area contributed by atoms with Gasteiger partial charge in [-0.05, 0) is 57.6 Å². The molecule has 0 bridgehead atoms. The van der Waals surface area contributed by atoms with Gasteiger partial charge in [-0.1, -0.05) is 74.1 Å². The van der Waals surface area contributed by atoms with E-state index < -0.39 is 52.2 Å². The summed E-state index contributed by atoms with van der Waals surface area (Å²) in [7, 11) is 0. The summed E-state index contributed by atoms with van der Waals surface area (Å²) in [5.41, 5.74) is 1.37. The highest BCUT2D eigenvalue weighted by Crippen LogP contribution is 2.34. The zero-order valence-electron chi connectivity index (χ0n) is 25.2. The van der Waals surface area contributed by atoms with Crippen LogP contribution in [0.25, 0.3) is 6.08 Å². The number of hydrogen-bond acceptors (Lipinski definition) is 9. The summed E-state index contributed by atoms with van der Waals surface area (Å²) < 4.78 is 14.6. The number of nitrogens with zero attached hydrogens (tertiary/aromatic N) is 1. The van der Waals surface area contributed by atoms with E-state index in [0.29, 0.717) is 12.8 Å². The minimum absolute atomic E-state index is 0.234. The molecule has 1 aliphatic rings. The van der Waals surface area contributed by atoms with Gasteiger partial charge in [0.1, 0.15) is 24.6 Å². The molecule has 0 amide bonds. The lowest BCUT2D eigenvalue weighted by atomic mass is 9.73. The van der Waals surface area contributed by atoms with Crippen molar-refractivity contribution in [3.63, 3.8) is 0 Å². The fraction of sp³-hybridized carbons (Fsp3) is 0.667. The van der Waals surface area contributed by atoms with E-state index in [1.165, 1.54) is 11.3 Å². The van der Waals surface area contributed by atoms with Gasteiger partial charge in [0.05, 0.1) is 34.6 Å². The number of aryl methyl sites for hydroxylation is 1. The average Bonchev–Trinajstić information content (AvgIpc) is 3.30. The molecule has 0 spiro atoms. The number of esters is 1. The smallest absolute Gasteiger partial charge is 0.457 e. The second-order valence-electron chi connectivity index (χ2n) is 11.6. The molecule has 236 valence electrons. The maximum atomic E-state index is 13.7. The number of aliphatic hydroxyl groups excluding tert-OH is 1. The summed E-state index contributed by atoms with van der Waals surface area (Å²) in [5.74, 6) is -2.06. The Morgan fingerprint density at radius 2 is 1.93 bits per heavy atom. The van der Waals surface area contributed by atoms with Crippen LogP contribution in [-0.2, 0) is 23.8 Å². The van der Waals surface area contributed by atoms with Crippen molar-refractivity contribution in [2.45, 2.75) is 103 Å². The Morgan fingerprint density at radius 3 is 2.52 bits per heavy atom. The zero-order valence-corrected chi connectivity index (χ0v) is 28.3. The third kappa shape index (κ3) is 11.5. The summed E-state index contributed by atoms with van der Waals surface area (Å²) in [4.78, 5) is 43.7. The number of aliphatic hydroxyl groups is 1. The van der Waals surface area contributed by atoms with Gasteiger partial charge < -0.3 is 19.3 Å². The Kier molecular flexibility index (Phi) is 13.8. The molecule has 2 heterocycles. The molecular weight excluding hydrogens is 625 g/mol. The molecule has 0 aromatic carbocycles. The molecule has 8 nitrogen and oxygen atoms in total. The highest BCUT2D eigenvalue weighted by molar-refractivity contribution is 7.09. The van der Waals surface area contributed by atoms with Crippen molar-refractivity contribution in [1.29, 1.82) is 0 Å². The van der Waals surface area contributed by atoms with Gasteiger partial charge in [-0.3, -0.25) is 9.59 Å². The monoisotopic (exact) mass is 665 g/mol. The van der Waals surface area contributed by atoms with Gasteiger partial charge in [0, 0.05) is 11.8 Å². The third-order valence-corrected chi connectivity index (χ3v) is 8.71. The Bertz CT molecular complexity index is 1160. The second kappa shape index (κ2) is 15.9. The first-order chi connectivity index (χ1) is 19.4. The Hall–Kier alpha value is -1.65. The van der Waals surface area contributed by atoms with Gasteiger partial charge in [0.15, 0.2) is 0 Å². The molecule has 5 atom stereocenters. The van der Waals surface area contributed by atoms with E-state index >= 15 is 0 Å². The van der Waals surface area contributed by atoms with E-state index in [2.05, 4.69) is 4.98 Å². The maximum absolute atomic E-state index is 13.7. The number of cyclic esters (lactones) is 1. The van der Waals surface area contributed by atoms with Crippen LogP contribution in [0.5, 0.6) is 0 Å². The SMILES string of the molecule is C/C1=C/C[C@@H](/C(C)=C/c2csc(C)n2)OC(=O)C[C@H](O)C(C)(C)C(=O)[C@H](C)[C@@H](OC(=O)OCC(Cl)(Cl)Cl)[C@H](C)CCC1. The van der Waals surface area contributed by atoms with Crippen LogP contribution in [0.15, 0.2) is 22.6 Å². The van der Waals surface area contributed by atoms with Gasteiger partial charge in [-0.15, -0.1) is 11.3 Å². The van der Waals surface area contributed by atoms with Crippen molar-refractivity contribution >= 4 is 70.1 Å². The predicted octanol–water partition coefficient (Wildman–Crippen LogP) is 7.80. The third-order valence-electron chi connectivity index (χ3n) is 7.59. The van der Waals surface area contributed by atoms with E-state index in [9.17, 15) is 19.5 Å². The first-order valence-corrected chi connectivity index (χ1v) is 16.0. The number of ether oxygens (including phenoxy) is 3. The lowest BCUT2D eigenvalue weighted by Crippen LogP contribution is -2.47. The number of rotatable bonds is 4. The van der Waals surface area contributed by atoms with Crippen LogP contribution in [0.4, 0.5) is 4.79 Å². The van der Waals surface area contributed by atoms with E-state index in [1.807, 2.05) is 45.2 Å². The van der Waals surface area contributed by atoms with Crippen LogP contribution in [0.1, 0.15) is 84.3 Å². The summed E-state index contributed by atoms with van der Waals surface area (Å²) >= 11 is 18.6. The maximum Gasteiger partial charge on any atom is 0.508 e. The van der Waals surface area contributed by atoms with E-state index in [0.717, 1.165) is 34.7 Å². The van der Waals surface area contributed by atoms with E-state index in [1.54, 1.807) is 20.8 Å². The minimum Gasteiger partial charge on any atom is -0.457 e. The molecule has 1 N–H and O–H groups in total. The molecule has 2 rings (SSSR count). The van der Waals surface area contributed by atoms with Crippen LogP contribution in [0, 0.1) is 24.2 Å². The zero-order chi connectivity index (χ0) is 31.8. The van der Waals surface area contributed by atoms with Gasteiger partial charge in [0.2, 0.25) is 3.79 Å². The normalized spacial score (nSPS) is 28.4. The van der Waals surface area contributed by atoms with Gasteiger partial charge in [-0.25, -0.2) is 9.78 Å². The number of ketones is 1. The summed E-state index contributed by atoms with van der Waals surface area (Å²) in [6, 6.07) is 0. The van der Waals surface area contributed by atoms with Crippen LogP contribution in [0.3, 0.4) is 0 Å². The molecule has 0 aliphatic carbocycles. The summed E-state index contributed by atoms with van der Waals surface area (Å²) in [6.07, 6.45) is 2.35. The van der Waals surface area contributed by atoms with E-state index in [-0.39, 0.29) is 18.1 Å². The molecule has 1 aliphatic heterocycles. The van der Waals surface area contributed by atoms with Crippen molar-refractivity contribution in [2.24, 2.45) is 17.3 Å². The first-order valence-electron chi connectivity index (χ1n) is 14.0. The molecular formula is C30H42Cl3NO7S. The number of carbonyl (C=O) groups is 3. The molecule has 0 saturated carbocycles. The molecule has 0 fully saturated rings. The van der Waals surface area contributed by atoms with Gasteiger partial charge in [-0.2, -0.15) is 0 Å². The number of alkyl halides is 3. The number of Topliss-reactive ketones (excluding diaryl/α,β-unsaturated/α-hetero) is 1. The lowest BCUT2D eigenvalue weighted by Gasteiger charge is -2.36. The lowest BCUT2D eigenvalue weighted by molar-refractivity contribution is -0.154. The highest BCUT2D eigenvalue weighted by Gasteiger charge is 2.44. The number of thiazole rings is 1. The van der Waals surface area contributed by atoms with Gasteiger partial charge in [0.25, 0.3) is 0 Å². The van der Waals surface area contributed by atoms with Crippen molar-refractivity contribution in [2.75, 3.05) is 6.61 Å². The van der Waals surface area contributed by atoms with Crippen LogP contribution in [0.2, 0.25) is 0 Å². The predicted molar refractivity (Wildman–Crippen MR) is 167 cm³/mol. The van der Waals surface area contributed by atoms with Crippen LogP contribution in [-0.4, -0.2) is 56.7 Å². The van der Waals surface area contributed by atoms with Crippen molar-refractivity contribution in [1.82, 2.24) is 4.98 Å². The molecule has 42 heavy (non-hydrogen) atoms. The molecule has 12 heteroatoms. The van der Waals surface area contributed by atoms with E-state index in [4.69, 9.17) is 49.0 Å². The standard InChI is InChI=1S/C30H42Cl3NO7S/c1-17-9-8-10-18(2)26(41-28(38)39-16-30(31,32)33)20(4)27(37)29(6,7)24(35)14-25(36)40-23(12-11-17)19(3)13-22-15-42-21(5)34-22/h11,13,15,18,20,23-24,26,35H,8-10,12,14,16H2,1-7H3/b17-11-,19-13+/t18-,20-,23+,24+,26+/m1/s1. The Balaban J connectivity index is 2.35. The summed E-state index contributed by atoms with van der Waals surface area (Å²) in [5, 5.41) is 14.0. The Morgan fingerprint density at radius 1 is 1.26 bits per heavy atom. The highest BCUT2D eigenvalue weighted by atomic mass is 35.6. The number of allylic oxidation sites excluding steroid dienone is 1. The molecule has 0 radical (unpaired) electrons. The minimum atomic E-state index is -1.82. The fourth-order valence-electron chi connectivity index (χ4n) is 4.89. The number of carbonyl (C=O) groups excluding carboxylic acids is 3. The number of aromatic nitrogens is 1. The Labute approximate surface area is 267 Å². The summed E-state index contributed by atoms with van der Waals surface area (Å²) in [6.45, 7) is 12.0. The quantitative estimate of drug-likeness (QED) is 0.197. The largest absolute Gasteiger partial charge is 0.508 e.